The molecule has 1 aliphatic rings. The van der Waals surface area contributed by atoms with Crippen LogP contribution in [0.5, 0.6) is 0 Å². The molecule has 0 aliphatic carbocycles. The van der Waals surface area contributed by atoms with Gasteiger partial charge in [0.2, 0.25) is 0 Å². The number of carbonyl (C=O) groups is 1. The van der Waals surface area contributed by atoms with E-state index in [-0.39, 0.29) is 11.3 Å². The van der Waals surface area contributed by atoms with Gasteiger partial charge in [0.05, 0.1) is 0 Å². The maximum absolute atomic E-state index is 13.3. The third kappa shape index (κ3) is 2.85. The molecular formula is C17H15F2NO. The highest BCUT2D eigenvalue weighted by molar-refractivity contribution is 6.09. The summed E-state index contributed by atoms with van der Waals surface area (Å²) in [5.74, 6) is -2.22. The standard InChI is InChI=1S/C17H15F2NO/c18-15-7-6-12(10-16(15)19)17(21)14-5-2-1-4-13(14)11-20-8-3-9-20/h1-2,4-7,10H,3,8-9,11H2. The van der Waals surface area contributed by atoms with Crippen molar-refractivity contribution in [3.8, 4) is 0 Å². The smallest absolute Gasteiger partial charge is 0.193 e. The molecule has 0 amide bonds. The summed E-state index contributed by atoms with van der Waals surface area (Å²) in [6, 6.07) is 10.6. The van der Waals surface area contributed by atoms with Gasteiger partial charge in [0.15, 0.2) is 17.4 Å². The quantitative estimate of drug-likeness (QED) is 0.803. The van der Waals surface area contributed by atoms with Gasteiger partial charge >= 0.3 is 0 Å². The average molecular weight is 287 g/mol. The second-order valence-electron chi connectivity index (χ2n) is 5.24. The van der Waals surface area contributed by atoms with Crippen molar-refractivity contribution in [2.24, 2.45) is 0 Å². The van der Waals surface area contributed by atoms with Gasteiger partial charge in [0.25, 0.3) is 0 Å². The van der Waals surface area contributed by atoms with Gasteiger partial charge < -0.3 is 0 Å². The lowest BCUT2D eigenvalue weighted by atomic mass is 9.97. The van der Waals surface area contributed by atoms with Crippen LogP contribution < -0.4 is 0 Å². The first-order chi connectivity index (χ1) is 10.1. The SMILES string of the molecule is O=C(c1ccc(F)c(F)c1)c1ccccc1CN1CCC1. The number of ketones is 1. The maximum Gasteiger partial charge on any atom is 0.193 e. The Kier molecular flexibility index (Phi) is 3.80. The Morgan fingerprint density at radius 2 is 1.81 bits per heavy atom. The van der Waals surface area contributed by atoms with Crippen molar-refractivity contribution in [3.63, 3.8) is 0 Å². The summed E-state index contributed by atoms with van der Waals surface area (Å²) < 4.78 is 26.3. The van der Waals surface area contributed by atoms with Gasteiger partial charge in [-0.15, -0.1) is 0 Å². The number of carbonyl (C=O) groups excluding carboxylic acids is 1. The lowest BCUT2D eigenvalue weighted by Crippen LogP contribution is -2.36. The molecule has 108 valence electrons. The summed E-state index contributed by atoms with van der Waals surface area (Å²) in [5.41, 5.74) is 1.65. The number of nitrogens with zero attached hydrogens (tertiary/aromatic N) is 1. The average Bonchev–Trinajstić information content (AvgIpc) is 2.45. The van der Waals surface area contributed by atoms with E-state index in [2.05, 4.69) is 4.90 Å². The van der Waals surface area contributed by atoms with Gasteiger partial charge in [0, 0.05) is 17.7 Å². The fourth-order valence-electron chi connectivity index (χ4n) is 2.45. The van der Waals surface area contributed by atoms with Crippen molar-refractivity contribution >= 4 is 5.78 Å². The molecule has 0 atom stereocenters. The van der Waals surface area contributed by atoms with E-state index >= 15 is 0 Å². The van der Waals surface area contributed by atoms with E-state index in [0.717, 1.165) is 30.8 Å². The lowest BCUT2D eigenvalue weighted by molar-refractivity contribution is 0.103. The van der Waals surface area contributed by atoms with Crippen molar-refractivity contribution in [3.05, 3.63) is 70.8 Å². The fourth-order valence-corrected chi connectivity index (χ4v) is 2.45. The summed E-state index contributed by atoms with van der Waals surface area (Å²) in [6.45, 7) is 2.78. The van der Waals surface area contributed by atoms with Crippen molar-refractivity contribution in [2.75, 3.05) is 13.1 Å². The first kappa shape index (κ1) is 13.9. The Balaban J connectivity index is 1.91. The lowest BCUT2D eigenvalue weighted by Gasteiger charge is -2.31. The Labute approximate surface area is 122 Å². The Bertz CT molecular complexity index is 680. The van der Waals surface area contributed by atoms with Gasteiger partial charge in [-0.2, -0.15) is 0 Å². The van der Waals surface area contributed by atoms with Gasteiger partial charge in [-0.25, -0.2) is 8.78 Å². The molecule has 2 aromatic rings. The molecule has 0 unspecified atom stereocenters. The zero-order valence-electron chi connectivity index (χ0n) is 11.5. The highest BCUT2D eigenvalue weighted by Crippen LogP contribution is 2.20. The van der Waals surface area contributed by atoms with Crippen LogP contribution in [0.2, 0.25) is 0 Å². The van der Waals surface area contributed by atoms with Gasteiger partial charge in [-0.1, -0.05) is 24.3 Å². The van der Waals surface area contributed by atoms with Crippen molar-refractivity contribution < 1.29 is 13.6 Å². The monoisotopic (exact) mass is 287 g/mol. The van der Waals surface area contributed by atoms with Crippen LogP contribution in [0.3, 0.4) is 0 Å². The van der Waals surface area contributed by atoms with E-state index in [1.165, 1.54) is 12.5 Å². The largest absolute Gasteiger partial charge is 0.299 e. The molecule has 0 spiro atoms. The fraction of sp³-hybridized carbons (Fsp3) is 0.235. The first-order valence-electron chi connectivity index (χ1n) is 6.95. The highest BCUT2D eigenvalue weighted by Gasteiger charge is 2.19. The Morgan fingerprint density at radius 1 is 1.05 bits per heavy atom. The summed E-state index contributed by atoms with van der Waals surface area (Å²) in [5, 5.41) is 0. The molecule has 0 saturated carbocycles. The zero-order valence-corrected chi connectivity index (χ0v) is 11.5. The molecule has 1 fully saturated rings. The predicted octanol–water partition coefficient (Wildman–Crippen LogP) is 3.40. The van der Waals surface area contributed by atoms with Crippen LogP contribution in [0.15, 0.2) is 42.5 Å². The molecule has 0 radical (unpaired) electrons. The Morgan fingerprint density at radius 3 is 2.48 bits per heavy atom. The summed E-state index contributed by atoms with van der Waals surface area (Å²) in [4.78, 5) is 14.8. The molecule has 0 bridgehead atoms. The van der Waals surface area contributed by atoms with Crippen LogP contribution in [0.1, 0.15) is 27.9 Å². The second-order valence-corrected chi connectivity index (χ2v) is 5.24. The van der Waals surface area contributed by atoms with Crippen LogP contribution in [0.4, 0.5) is 8.78 Å². The molecule has 2 nitrogen and oxygen atoms in total. The van der Waals surface area contributed by atoms with Gasteiger partial charge in [0.1, 0.15) is 0 Å². The van der Waals surface area contributed by atoms with Crippen LogP contribution in [-0.2, 0) is 6.54 Å². The van der Waals surface area contributed by atoms with Gasteiger partial charge in [-0.3, -0.25) is 9.69 Å². The maximum atomic E-state index is 13.3. The number of rotatable bonds is 4. The van der Waals surface area contributed by atoms with E-state index in [0.29, 0.717) is 12.1 Å². The van der Waals surface area contributed by atoms with Crippen molar-refractivity contribution in [2.45, 2.75) is 13.0 Å². The number of likely N-dealkylation sites (tertiary alicyclic amines) is 1. The highest BCUT2D eigenvalue weighted by atomic mass is 19.2. The molecule has 1 aliphatic heterocycles. The number of hydrogen-bond acceptors (Lipinski definition) is 2. The van der Waals surface area contributed by atoms with E-state index in [1.807, 2.05) is 12.1 Å². The van der Waals surface area contributed by atoms with Crippen LogP contribution in [0, 0.1) is 11.6 Å². The van der Waals surface area contributed by atoms with Crippen molar-refractivity contribution in [1.29, 1.82) is 0 Å². The van der Waals surface area contributed by atoms with E-state index in [1.54, 1.807) is 12.1 Å². The molecule has 3 rings (SSSR count). The summed E-state index contributed by atoms with van der Waals surface area (Å²) in [6.07, 6.45) is 1.18. The summed E-state index contributed by atoms with van der Waals surface area (Å²) >= 11 is 0. The van der Waals surface area contributed by atoms with Crippen LogP contribution in [0.25, 0.3) is 0 Å². The molecule has 1 heterocycles. The topological polar surface area (TPSA) is 20.3 Å². The predicted molar refractivity (Wildman–Crippen MR) is 76.1 cm³/mol. The van der Waals surface area contributed by atoms with Crippen LogP contribution in [-0.4, -0.2) is 23.8 Å². The van der Waals surface area contributed by atoms with Crippen molar-refractivity contribution in [1.82, 2.24) is 4.90 Å². The molecular weight excluding hydrogens is 272 g/mol. The number of halogens is 2. The zero-order chi connectivity index (χ0) is 14.8. The van der Waals surface area contributed by atoms with Gasteiger partial charge in [-0.05, 0) is 43.3 Å². The first-order valence-corrected chi connectivity index (χ1v) is 6.95. The van der Waals surface area contributed by atoms with E-state index in [9.17, 15) is 13.6 Å². The normalized spacial score (nSPS) is 14.8. The molecule has 4 heteroatoms. The molecule has 2 aromatic carbocycles. The summed E-state index contributed by atoms with van der Waals surface area (Å²) in [7, 11) is 0. The third-order valence-corrected chi connectivity index (χ3v) is 3.79. The second kappa shape index (κ2) is 5.74. The van der Waals surface area contributed by atoms with E-state index < -0.39 is 11.6 Å². The molecule has 0 aromatic heterocycles. The molecule has 0 N–H and O–H groups in total. The minimum absolute atomic E-state index is 0.171. The number of benzene rings is 2. The van der Waals surface area contributed by atoms with E-state index in [4.69, 9.17) is 0 Å². The molecule has 1 saturated heterocycles. The Hall–Kier alpha value is -2.07. The van der Waals surface area contributed by atoms with Crippen LogP contribution >= 0.6 is 0 Å². The third-order valence-electron chi connectivity index (χ3n) is 3.79. The molecule has 21 heavy (non-hydrogen) atoms. The number of hydrogen-bond donors (Lipinski definition) is 0. The minimum Gasteiger partial charge on any atom is -0.299 e. The minimum atomic E-state index is -0.999.